The minimum absolute atomic E-state index is 0.487. The van der Waals surface area contributed by atoms with E-state index in [0.717, 1.165) is 0 Å². The molecule has 0 amide bonds. The fourth-order valence-corrected chi connectivity index (χ4v) is 2.56. The summed E-state index contributed by atoms with van der Waals surface area (Å²) >= 11 is 0. The molecule has 6 heteroatoms. The first kappa shape index (κ1) is 17.6. The molecule has 0 heterocycles. The lowest BCUT2D eigenvalue weighted by atomic mass is 9.59. The quantitative estimate of drug-likeness (QED) is 0.684. The van der Waals surface area contributed by atoms with E-state index < -0.39 is 34.1 Å². The van der Waals surface area contributed by atoms with E-state index in [0.29, 0.717) is 0 Å². The molecule has 0 aromatic carbocycles. The van der Waals surface area contributed by atoms with E-state index in [-0.39, 0.29) is 0 Å². The number of aliphatic carboxylic acids is 2. The Kier molecular flexibility index (Phi) is 4.91. The van der Waals surface area contributed by atoms with Crippen LogP contribution in [0.2, 0.25) is 0 Å². The van der Waals surface area contributed by atoms with Gasteiger partial charge >= 0.3 is 11.9 Å². The van der Waals surface area contributed by atoms with Gasteiger partial charge in [0.05, 0.1) is 16.8 Å². The first-order valence-corrected chi connectivity index (χ1v) is 5.68. The molecule has 0 radical (unpaired) electrons. The highest BCUT2D eigenvalue weighted by molar-refractivity contribution is 5.98. The molecular weight excluding hydrogens is 252 g/mol. The highest BCUT2D eigenvalue weighted by Crippen LogP contribution is 2.50. The van der Waals surface area contributed by atoms with Crippen molar-refractivity contribution in [1.29, 1.82) is 0 Å². The third kappa shape index (κ3) is 2.37. The fraction of sp³-hybridized carbons (Fsp3) is 0.692. The average Bonchev–Trinajstić information content (AvgIpc) is 2.28. The highest BCUT2D eigenvalue weighted by atomic mass is 16.5. The van der Waals surface area contributed by atoms with Gasteiger partial charge in [0.15, 0.2) is 5.41 Å². The summed E-state index contributed by atoms with van der Waals surface area (Å²) in [5.41, 5.74) is -5.12. The zero-order valence-electron chi connectivity index (χ0n) is 12.2. The Labute approximate surface area is 113 Å². The van der Waals surface area contributed by atoms with Crippen molar-refractivity contribution in [3.05, 3.63) is 12.2 Å². The van der Waals surface area contributed by atoms with E-state index in [1.807, 2.05) is 0 Å². The zero-order valence-corrected chi connectivity index (χ0v) is 12.2. The molecule has 0 spiro atoms. The topological polar surface area (TPSA) is 93.1 Å². The molecule has 0 rings (SSSR count). The molecular formula is C13H22O6. The van der Waals surface area contributed by atoms with Crippen molar-refractivity contribution in [2.24, 2.45) is 5.41 Å². The summed E-state index contributed by atoms with van der Waals surface area (Å²) in [6.45, 7) is 9.42. The maximum atomic E-state index is 11.9. The summed E-state index contributed by atoms with van der Waals surface area (Å²) in [5, 5.41) is 18.9. The van der Waals surface area contributed by atoms with Crippen molar-refractivity contribution in [1.82, 2.24) is 0 Å². The van der Waals surface area contributed by atoms with Crippen LogP contribution < -0.4 is 0 Å². The van der Waals surface area contributed by atoms with Gasteiger partial charge in [-0.2, -0.15) is 0 Å². The zero-order chi connectivity index (χ0) is 15.6. The Morgan fingerprint density at radius 1 is 0.947 bits per heavy atom. The van der Waals surface area contributed by atoms with Crippen molar-refractivity contribution in [2.75, 3.05) is 14.2 Å². The summed E-state index contributed by atoms with van der Waals surface area (Å²) in [7, 11) is 2.64. The lowest BCUT2D eigenvalue weighted by Gasteiger charge is -2.50. The van der Waals surface area contributed by atoms with Crippen molar-refractivity contribution in [3.8, 4) is 0 Å². The van der Waals surface area contributed by atoms with Crippen LogP contribution in [0.3, 0.4) is 0 Å². The van der Waals surface area contributed by atoms with Crippen LogP contribution in [0.1, 0.15) is 27.7 Å². The number of carbonyl (C=O) groups is 2. The minimum Gasteiger partial charge on any atom is -0.480 e. The number of carboxylic acid groups (broad SMARTS) is 2. The molecule has 110 valence electrons. The molecule has 0 aromatic rings. The van der Waals surface area contributed by atoms with Crippen LogP contribution in [0.5, 0.6) is 0 Å². The van der Waals surface area contributed by atoms with Crippen LogP contribution >= 0.6 is 0 Å². The van der Waals surface area contributed by atoms with E-state index in [1.165, 1.54) is 41.9 Å². The standard InChI is InChI=1S/C13H22O6/c1-8(9(14)15)13(10(16)17,11(2,3)18-6)12(4,5)19-7/h1H2,2-7H3,(H,14,15)(H,16,17). The van der Waals surface area contributed by atoms with Crippen LogP contribution in [-0.2, 0) is 19.1 Å². The number of rotatable bonds is 7. The number of ether oxygens (including phenoxy) is 2. The van der Waals surface area contributed by atoms with E-state index in [9.17, 15) is 19.8 Å². The number of methoxy groups -OCH3 is 2. The molecule has 0 aliphatic carbocycles. The molecule has 0 unspecified atom stereocenters. The van der Waals surface area contributed by atoms with E-state index >= 15 is 0 Å². The summed E-state index contributed by atoms with van der Waals surface area (Å²) in [6.07, 6.45) is 0. The molecule has 0 aliphatic heterocycles. The average molecular weight is 274 g/mol. The lowest BCUT2D eigenvalue weighted by molar-refractivity contribution is -0.203. The first-order valence-electron chi connectivity index (χ1n) is 5.68. The third-order valence-electron chi connectivity index (χ3n) is 3.86. The summed E-state index contributed by atoms with van der Waals surface area (Å²) < 4.78 is 10.5. The molecule has 0 saturated carbocycles. The van der Waals surface area contributed by atoms with Crippen LogP contribution in [0.4, 0.5) is 0 Å². The van der Waals surface area contributed by atoms with Gasteiger partial charge in [-0.05, 0) is 27.7 Å². The number of hydrogen-bond donors (Lipinski definition) is 2. The Morgan fingerprint density at radius 3 is 1.42 bits per heavy atom. The highest BCUT2D eigenvalue weighted by Gasteiger charge is 2.65. The second kappa shape index (κ2) is 5.30. The van der Waals surface area contributed by atoms with E-state index in [2.05, 4.69) is 6.58 Å². The number of carboxylic acids is 2. The monoisotopic (exact) mass is 274 g/mol. The maximum Gasteiger partial charge on any atom is 0.332 e. The van der Waals surface area contributed by atoms with Gasteiger partial charge in [0, 0.05) is 14.2 Å². The van der Waals surface area contributed by atoms with Gasteiger partial charge in [-0.3, -0.25) is 4.79 Å². The van der Waals surface area contributed by atoms with Crippen molar-refractivity contribution in [3.63, 3.8) is 0 Å². The van der Waals surface area contributed by atoms with Crippen LogP contribution in [0.15, 0.2) is 12.2 Å². The fourth-order valence-electron chi connectivity index (χ4n) is 2.56. The van der Waals surface area contributed by atoms with Crippen molar-refractivity contribution in [2.45, 2.75) is 38.9 Å². The molecule has 0 bridgehead atoms. The second-order valence-corrected chi connectivity index (χ2v) is 5.27. The van der Waals surface area contributed by atoms with E-state index in [1.54, 1.807) is 0 Å². The maximum absolute atomic E-state index is 11.9. The van der Waals surface area contributed by atoms with E-state index in [4.69, 9.17) is 9.47 Å². The minimum atomic E-state index is -1.95. The predicted molar refractivity (Wildman–Crippen MR) is 69.0 cm³/mol. The van der Waals surface area contributed by atoms with Crippen LogP contribution in [0.25, 0.3) is 0 Å². The Morgan fingerprint density at radius 2 is 1.26 bits per heavy atom. The first-order chi connectivity index (χ1) is 8.42. The molecule has 0 fully saturated rings. The summed E-state index contributed by atoms with van der Waals surface area (Å²) in [5.74, 6) is -2.77. The molecule has 0 aromatic heterocycles. The van der Waals surface area contributed by atoms with Gasteiger partial charge in [0.2, 0.25) is 0 Å². The molecule has 19 heavy (non-hydrogen) atoms. The summed E-state index contributed by atoms with van der Waals surface area (Å²) in [4.78, 5) is 23.2. The third-order valence-corrected chi connectivity index (χ3v) is 3.86. The van der Waals surface area contributed by atoms with Crippen molar-refractivity contribution >= 4 is 11.9 Å². The van der Waals surface area contributed by atoms with Gasteiger partial charge in [0.25, 0.3) is 0 Å². The SMILES string of the molecule is C=C(C(=O)O)C(C(=O)O)(C(C)(C)OC)C(C)(C)OC. The molecule has 2 N–H and O–H groups in total. The number of hydrogen-bond acceptors (Lipinski definition) is 4. The largest absolute Gasteiger partial charge is 0.480 e. The van der Waals surface area contributed by atoms with Crippen LogP contribution in [0, 0.1) is 5.41 Å². The molecule has 6 nitrogen and oxygen atoms in total. The Hall–Kier alpha value is -1.40. The molecule has 0 atom stereocenters. The normalized spacial score (nSPS) is 13.2. The molecule has 0 aliphatic rings. The van der Waals surface area contributed by atoms with Gasteiger partial charge in [-0.25, -0.2) is 4.79 Å². The van der Waals surface area contributed by atoms with Gasteiger partial charge in [-0.1, -0.05) is 6.58 Å². The lowest BCUT2D eigenvalue weighted by Crippen LogP contribution is -2.64. The Balaban J connectivity index is 6.49. The molecule has 0 saturated heterocycles. The van der Waals surface area contributed by atoms with Crippen molar-refractivity contribution < 1.29 is 29.3 Å². The second-order valence-electron chi connectivity index (χ2n) is 5.27. The van der Waals surface area contributed by atoms with Gasteiger partial charge in [-0.15, -0.1) is 0 Å². The van der Waals surface area contributed by atoms with Gasteiger partial charge < -0.3 is 19.7 Å². The summed E-state index contributed by atoms with van der Waals surface area (Å²) in [6, 6.07) is 0. The predicted octanol–water partition coefficient (Wildman–Crippen LogP) is 1.55. The Bertz CT molecular complexity index is 378. The van der Waals surface area contributed by atoms with Gasteiger partial charge in [0.1, 0.15) is 0 Å². The van der Waals surface area contributed by atoms with Crippen LogP contribution in [-0.4, -0.2) is 47.6 Å². The smallest absolute Gasteiger partial charge is 0.332 e.